The fourth-order valence-electron chi connectivity index (χ4n) is 17.7. The minimum absolute atomic E-state index is 0.0563. The van der Waals surface area contributed by atoms with Gasteiger partial charge in [0.2, 0.25) is 6.29 Å². The van der Waals surface area contributed by atoms with Crippen LogP contribution in [-0.4, -0.2) is 285 Å². The van der Waals surface area contributed by atoms with Gasteiger partial charge >= 0.3 is 5.97 Å². The normalized spacial score (nSPS) is 55.1. The molecule has 28 heteroatoms. The smallest absolute Gasteiger partial charge is 0.315 e. The zero-order chi connectivity index (χ0) is 63.6. The summed E-state index contributed by atoms with van der Waals surface area (Å²) in [6, 6.07) is 0. The molecular weight excluding hydrogens is 1160 g/mol. The van der Waals surface area contributed by atoms with Crippen molar-refractivity contribution in [3.05, 3.63) is 11.6 Å². The molecule has 5 aliphatic heterocycles. The molecule has 0 radical (unpaired) electrons. The molecule has 34 atom stereocenters. The number of allylic oxidation sites excluding steroid dienone is 2. The zero-order valence-electron chi connectivity index (χ0n) is 50.3. The van der Waals surface area contributed by atoms with E-state index in [1.807, 2.05) is 6.92 Å². The number of carbonyl (C=O) groups excluding carboxylic acids is 1. The Hall–Kier alpha value is -1.83. The molecule has 87 heavy (non-hydrogen) atoms. The molecule has 0 aromatic carbocycles. The molecule has 0 aromatic heterocycles. The van der Waals surface area contributed by atoms with Crippen LogP contribution < -0.4 is 0 Å². The van der Waals surface area contributed by atoms with E-state index in [0.29, 0.717) is 51.4 Å². The fourth-order valence-corrected chi connectivity index (χ4v) is 17.7. The summed E-state index contributed by atoms with van der Waals surface area (Å²) in [5, 5.41) is 185. The Morgan fingerprint density at radius 3 is 1.79 bits per heavy atom. The van der Waals surface area contributed by atoms with Crippen molar-refractivity contribution >= 4 is 5.97 Å². The standard InChI is InChI=1S/C59H96O28/c1-23-33(64)37(68)42(73)50(80-23)85-46-28(19-61)82-48(45(76)40(46)71)78-20-29-35(66)39(70)44(75)52(84-29)87-53(77)59-14-12-54(2,3)16-25(59)24-8-9-32-55(4)17-26(63)47(56(5,22-62)31(55)10-11-58(32,7)57(24,6)13-15-59)86-49-41(72)36(67)30(21-79-49)83-51-43(74)38(69)34(65)27(18-60)81-51/h8,23,25-52,60-76H,9-22H2,1-7H3/t23-,25-,26+,27+,28+,29+,30-,31+,32+,33-,34+,35+,36-,37+,38-,39-,40+,41+,42+,43+,44+,45+,46+,47-,48+,49-,50-,51-,52-,55-,56-,57+,58+,59-/m0/s1. The third-order valence-corrected chi connectivity index (χ3v) is 23.2. The average molecular weight is 1250 g/mol. The molecule has 0 amide bonds. The van der Waals surface area contributed by atoms with E-state index in [-0.39, 0.29) is 29.6 Å². The van der Waals surface area contributed by atoms with Gasteiger partial charge < -0.3 is 134 Å². The maximum Gasteiger partial charge on any atom is 0.315 e. The molecule has 28 nitrogen and oxygen atoms in total. The third kappa shape index (κ3) is 11.4. The van der Waals surface area contributed by atoms with Gasteiger partial charge in [0.05, 0.1) is 56.8 Å². The van der Waals surface area contributed by atoms with Gasteiger partial charge in [0, 0.05) is 5.41 Å². The van der Waals surface area contributed by atoms with Crippen LogP contribution in [0.3, 0.4) is 0 Å². The molecule has 0 spiro atoms. The number of aliphatic hydroxyl groups is 17. The number of aliphatic hydroxyl groups excluding tert-OH is 17. The van der Waals surface area contributed by atoms with Crippen LogP contribution in [0, 0.1) is 50.2 Å². The van der Waals surface area contributed by atoms with Gasteiger partial charge in [-0.25, -0.2) is 0 Å². The highest BCUT2D eigenvalue weighted by molar-refractivity contribution is 5.79. The molecule has 5 heterocycles. The van der Waals surface area contributed by atoms with Gasteiger partial charge in [0.15, 0.2) is 25.2 Å². The number of rotatable bonds is 14. The summed E-state index contributed by atoms with van der Waals surface area (Å²) in [5.74, 6) is -1.30. The van der Waals surface area contributed by atoms with Crippen molar-refractivity contribution in [1.29, 1.82) is 0 Å². The van der Waals surface area contributed by atoms with E-state index in [4.69, 9.17) is 47.4 Å². The average Bonchev–Trinajstić information content (AvgIpc) is 0.678. The molecule has 500 valence electrons. The Morgan fingerprint density at radius 2 is 1.14 bits per heavy atom. The van der Waals surface area contributed by atoms with Crippen LogP contribution in [0.15, 0.2) is 11.6 Å². The Balaban J connectivity index is 0.819. The maximum atomic E-state index is 15.2. The SMILES string of the molecule is C[C@@H]1O[C@@H](O[C@H]2[C@H](O)[C@@H](O)[C@H](OC[C@H]3O[C@@H](OC(=O)[C@]45CCC(C)(C)C[C@H]4C4=CC[C@@H]6[C@@]7(C)C[C@@H](O)[C@H](O[C@@H]8OC[C@H](O[C@@H]9O[C@H](CO)[C@@H](O)[C@H](O)[C@H]9O)[C@H](O)[C@H]8O)[C@@](C)(CO)[C@@H]7CC[C@@]6(C)[C@]4(C)CC5)[C@H](O)[C@@H](O)[C@@H]3O)O[C@@H]2CO)[C@H](O)[C@H](O)[C@H]1O. The van der Waals surface area contributed by atoms with Crippen molar-refractivity contribution in [2.24, 2.45) is 50.2 Å². The molecule has 4 saturated carbocycles. The summed E-state index contributed by atoms with van der Waals surface area (Å²) < 4.78 is 58.4. The van der Waals surface area contributed by atoms with Crippen molar-refractivity contribution in [3.63, 3.8) is 0 Å². The number of hydrogen-bond donors (Lipinski definition) is 17. The number of hydrogen-bond acceptors (Lipinski definition) is 28. The van der Waals surface area contributed by atoms with E-state index in [9.17, 15) is 86.8 Å². The van der Waals surface area contributed by atoms with Crippen molar-refractivity contribution in [2.45, 2.75) is 266 Å². The second-order valence-electron chi connectivity index (χ2n) is 28.7. The van der Waals surface area contributed by atoms with E-state index < -0.39 is 226 Å². The van der Waals surface area contributed by atoms with Crippen LogP contribution in [-0.2, 0) is 52.2 Å². The fraction of sp³-hybridized carbons (Fsp3) is 0.949. The van der Waals surface area contributed by atoms with Gasteiger partial charge in [-0.1, -0.05) is 53.2 Å². The van der Waals surface area contributed by atoms with Crippen molar-refractivity contribution in [1.82, 2.24) is 0 Å². The van der Waals surface area contributed by atoms with Crippen LogP contribution >= 0.6 is 0 Å². The molecule has 9 fully saturated rings. The molecule has 5 saturated heterocycles. The first-order valence-corrected chi connectivity index (χ1v) is 30.9. The highest BCUT2D eigenvalue weighted by atomic mass is 16.8. The second-order valence-corrected chi connectivity index (χ2v) is 28.7. The van der Waals surface area contributed by atoms with Crippen LogP contribution in [0.5, 0.6) is 0 Å². The van der Waals surface area contributed by atoms with E-state index in [0.717, 1.165) is 5.57 Å². The minimum Gasteiger partial charge on any atom is -0.432 e. The first-order valence-electron chi connectivity index (χ1n) is 30.9. The third-order valence-electron chi connectivity index (χ3n) is 23.2. The van der Waals surface area contributed by atoms with Crippen molar-refractivity contribution in [3.8, 4) is 0 Å². The van der Waals surface area contributed by atoms with Crippen molar-refractivity contribution in [2.75, 3.05) is 33.0 Å². The van der Waals surface area contributed by atoms with Gasteiger partial charge in [-0.2, -0.15) is 0 Å². The van der Waals surface area contributed by atoms with Crippen molar-refractivity contribution < 1.29 is 139 Å². The Morgan fingerprint density at radius 1 is 0.563 bits per heavy atom. The summed E-state index contributed by atoms with van der Waals surface area (Å²) in [6.45, 7) is 11.3. The molecule has 0 bridgehead atoms. The van der Waals surface area contributed by atoms with Crippen LogP contribution in [0.1, 0.15) is 106 Å². The number of esters is 1. The first kappa shape index (κ1) is 68.0. The molecule has 10 rings (SSSR count). The summed E-state index contributed by atoms with van der Waals surface area (Å²) in [5.41, 5.74) is -2.85. The van der Waals surface area contributed by atoms with Crippen LogP contribution in [0.2, 0.25) is 0 Å². The summed E-state index contributed by atoms with van der Waals surface area (Å²) in [7, 11) is 0. The number of carbonyl (C=O) groups is 1. The van der Waals surface area contributed by atoms with Crippen LogP contribution in [0.25, 0.3) is 0 Å². The maximum absolute atomic E-state index is 15.2. The minimum atomic E-state index is -1.92. The lowest BCUT2D eigenvalue weighted by atomic mass is 9.33. The lowest BCUT2D eigenvalue weighted by molar-refractivity contribution is -0.361. The van der Waals surface area contributed by atoms with Crippen LogP contribution in [0.4, 0.5) is 0 Å². The van der Waals surface area contributed by atoms with Gasteiger partial charge in [-0.3, -0.25) is 4.79 Å². The summed E-state index contributed by atoms with van der Waals surface area (Å²) in [4.78, 5) is 15.2. The van der Waals surface area contributed by atoms with E-state index in [1.54, 1.807) is 0 Å². The molecule has 5 aliphatic carbocycles. The lowest BCUT2D eigenvalue weighted by Gasteiger charge is -2.71. The molecule has 10 aliphatic rings. The molecule has 0 aromatic rings. The van der Waals surface area contributed by atoms with Gasteiger partial charge in [-0.05, 0) is 104 Å². The Bertz CT molecular complexity index is 2420. The predicted molar refractivity (Wildman–Crippen MR) is 291 cm³/mol. The lowest BCUT2D eigenvalue weighted by Crippen LogP contribution is -2.69. The van der Waals surface area contributed by atoms with Gasteiger partial charge in [-0.15, -0.1) is 0 Å². The first-order chi connectivity index (χ1) is 40.8. The Labute approximate surface area is 504 Å². The van der Waals surface area contributed by atoms with E-state index in [1.165, 1.54) is 6.92 Å². The number of ether oxygens (including phenoxy) is 10. The van der Waals surface area contributed by atoms with Gasteiger partial charge in [0.25, 0.3) is 0 Å². The predicted octanol–water partition coefficient (Wildman–Crippen LogP) is -4.60. The quantitative estimate of drug-likeness (QED) is 0.0442. The number of fused-ring (bicyclic) bond motifs is 7. The highest BCUT2D eigenvalue weighted by Crippen LogP contribution is 2.76. The topological polar surface area (TPSA) is 453 Å². The largest absolute Gasteiger partial charge is 0.432 e. The Kier molecular flexibility index (Phi) is 19.7. The van der Waals surface area contributed by atoms with E-state index >= 15 is 4.79 Å². The monoisotopic (exact) mass is 1250 g/mol. The second kappa shape index (κ2) is 25.1. The highest BCUT2D eigenvalue weighted by Gasteiger charge is 2.72. The van der Waals surface area contributed by atoms with E-state index in [2.05, 4.69) is 40.7 Å². The molecule has 17 N–H and O–H groups in total. The zero-order valence-corrected chi connectivity index (χ0v) is 50.3. The summed E-state index contributed by atoms with van der Waals surface area (Å²) in [6.07, 6.45) is -34.7. The van der Waals surface area contributed by atoms with Gasteiger partial charge in [0.1, 0.15) is 110 Å². The molecular formula is C59H96O28. The summed E-state index contributed by atoms with van der Waals surface area (Å²) >= 11 is 0. The molecule has 0 unspecified atom stereocenters.